The van der Waals surface area contributed by atoms with E-state index in [1.165, 1.54) is 0 Å². The molecule has 4 aliphatic rings. The number of carbonyl (C=O) groups is 3. The number of benzene rings is 2. The van der Waals surface area contributed by atoms with Crippen molar-refractivity contribution < 1.29 is 19.5 Å². The smallest absolute Gasteiger partial charge is 0.251 e. The molecule has 2 saturated heterocycles. The summed E-state index contributed by atoms with van der Waals surface area (Å²) in [5.74, 6) is -1.56. The van der Waals surface area contributed by atoms with Gasteiger partial charge in [-0.3, -0.25) is 14.4 Å². The van der Waals surface area contributed by atoms with Crippen LogP contribution in [0.2, 0.25) is 0 Å². The fourth-order valence-electron chi connectivity index (χ4n) is 7.58. The van der Waals surface area contributed by atoms with Gasteiger partial charge in [-0.25, -0.2) is 0 Å². The maximum absolute atomic E-state index is 14.7. The first kappa shape index (κ1) is 28.7. The van der Waals surface area contributed by atoms with Gasteiger partial charge >= 0.3 is 0 Å². The summed E-state index contributed by atoms with van der Waals surface area (Å²) in [4.78, 5) is 49.1. The molecule has 4 heterocycles. The van der Waals surface area contributed by atoms with Gasteiger partial charge in [0.1, 0.15) is 6.04 Å². The number of nitrogens with zero attached hydrogens (tertiary/aromatic N) is 3. The molecule has 0 bridgehead atoms. The van der Waals surface area contributed by atoms with E-state index in [0.29, 0.717) is 39.0 Å². The first-order chi connectivity index (χ1) is 20.2. The van der Waals surface area contributed by atoms with Gasteiger partial charge in [0, 0.05) is 43.2 Å². The molecule has 4 aliphatic heterocycles. The van der Waals surface area contributed by atoms with Gasteiger partial charge in [0.25, 0.3) is 5.91 Å². The van der Waals surface area contributed by atoms with E-state index in [1.807, 2.05) is 78.3 Å². The second kappa shape index (κ2) is 11.0. The minimum atomic E-state index is -0.881. The van der Waals surface area contributed by atoms with Gasteiger partial charge in [0.05, 0.1) is 16.6 Å². The van der Waals surface area contributed by atoms with Gasteiger partial charge in [-0.05, 0) is 50.3 Å². The SMILES string of the molecule is Cc1cccc(C)c1N1CC=C[C@]23S[C@]4(C)C=CCN(Cc5ccccc5)C(=O)[C@@H]4[C@H]2C(=O)N(CCCCO)C3C1=O. The first-order valence-electron chi connectivity index (χ1n) is 14.9. The highest BCUT2D eigenvalue weighted by Crippen LogP contribution is 2.65. The maximum Gasteiger partial charge on any atom is 0.251 e. The fourth-order valence-corrected chi connectivity index (χ4v) is 9.74. The molecule has 5 atom stereocenters. The van der Waals surface area contributed by atoms with E-state index in [9.17, 15) is 19.5 Å². The van der Waals surface area contributed by atoms with Crippen molar-refractivity contribution in [2.75, 3.05) is 31.1 Å². The Kier molecular flexibility index (Phi) is 7.56. The van der Waals surface area contributed by atoms with Crippen molar-refractivity contribution >= 4 is 35.2 Å². The van der Waals surface area contributed by atoms with Crippen molar-refractivity contribution in [3.8, 4) is 0 Å². The third kappa shape index (κ3) is 4.51. The number of unbranched alkanes of at least 4 members (excludes halogenated alkanes) is 1. The van der Waals surface area contributed by atoms with Gasteiger partial charge in [0.2, 0.25) is 11.8 Å². The van der Waals surface area contributed by atoms with Crippen molar-refractivity contribution in [3.63, 3.8) is 0 Å². The van der Waals surface area contributed by atoms with E-state index in [4.69, 9.17) is 0 Å². The Labute approximate surface area is 252 Å². The van der Waals surface area contributed by atoms with Crippen LogP contribution in [0.1, 0.15) is 36.5 Å². The first-order valence-corrected chi connectivity index (χ1v) is 15.7. The Morgan fingerprint density at radius 2 is 1.57 bits per heavy atom. The van der Waals surface area contributed by atoms with Crippen LogP contribution in [0, 0.1) is 25.7 Å². The number of likely N-dealkylation sites (tertiary alicyclic amines) is 1. The summed E-state index contributed by atoms with van der Waals surface area (Å²) >= 11 is 1.61. The summed E-state index contributed by atoms with van der Waals surface area (Å²) in [6.07, 6.45) is 9.38. The number of carbonyl (C=O) groups excluding carboxylic acids is 3. The summed E-state index contributed by atoms with van der Waals surface area (Å²) < 4.78 is -1.52. The summed E-state index contributed by atoms with van der Waals surface area (Å²) in [5.41, 5.74) is 3.93. The van der Waals surface area contributed by atoms with Crippen molar-refractivity contribution in [3.05, 3.63) is 89.5 Å². The van der Waals surface area contributed by atoms with Gasteiger partial charge in [-0.1, -0.05) is 72.8 Å². The number of anilines is 1. The number of hydrogen-bond donors (Lipinski definition) is 1. The predicted molar refractivity (Wildman–Crippen MR) is 166 cm³/mol. The molecule has 0 aliphatic carbocycles. The molecule has 2 fully saturated rings. The Hall–Kier alpha value is -3.36. The molecule has 0 aromatic heterocycles. The molecular weight excluding hydrogens is 546 g/mol. The van der Waals surface area contributed by atoms with Crippen LogP contribution in [-0.2, 0) is 20.9 Å². The molecule has 3 amide bonds. The molecular formula is C34H39N3O4S. The van der Waals surface area contributed by atoms with Gasteiger partial charge in [-0.2, -0.15) is 0 Å². The van der Waals surface area contributed by atoms with Crippen molar-refractivity contribution in [1.29, 1.82) is 0 Å². The minimum absolute atomic E-state index is 0.0246. The lowest BCUT2D eigenvalue weighted by atomic mass is 9.74. The van der Waals surface area contributed by atoms with Crippen LogP contribution >= 0.6 is 11.8 Å². The van der Waals surface area contributed by atoms with Crippen LogP contribution in [0.5, 0.6) is 0 Å². The average molecular weight is 586 g/mol. The quantitative estimate of drug-likeness (QED) is 0.388. The number of aliphatic hydroxyl groups is 1. The fraction of sp³-hybridized carbons (Fsp3) is 0.441. The summed E-state index contributed by atoms with van der Waals surface area (Å²) in [7, 11) is 0. The summed E-state index contributed by atoms with van der Waals surface area (Å²) in [6, 6.07) is 15.2. The van der Waals surface area contributed by atoms with Gasteiger partial charge in [-0.15, -0.1) is 11.8 Å². The Morgan fingerprint density at radius 1 is 0.857 bits per heavy atom. The molecule has 42 heavy (non-hydrogen) atoms. The number of fused-ring (bicyclic) bond motifs is 2. The van der Waals surface area contributed by atoms with Crippen LogP contribution < -0.4 is 4.90 Å². The molecule has 6 rings (SSSR count). The zero-order chi connectivity index (χ0) is 29.6. The average Bonchev–Trinajstić information content (AvgIpc) is 3.23. The van der Waals surface area contributed by atoms with E-state index < -0.39 is 27.4 Å². The van der Waals surface area contributed by atoms with E-state index in [2.05, 4.69) is 25.2 Å². The Bertz CT molecular complexity index is 1440. The van der Waals surface area contributed by atoms with Gasteiger partial charge < -0.3 is 19.8 Å². The molecule has 0 radical (unpaired) electrons. The standard InChI is InChI=1S/C34H39N3O4S/c1-23-12-9-13-24(2)28(23)36-20-11-17-34-27(31(40)37(19-7-8-21-38)29(34)32(36)41)26-30(39)35(18-10-16-33(26,3)42-34)22-25-14-5-4-6-15-25/h4-6,9-17,26-27,29,38H,7-8,18-22H2,1-3H3/t26-,27-,29?,33+,34-/m0/s1. The van der Waals surface area contributed by atoms with Gasteiger partial charge in [0.15, 0.2) is 0 Å². The number of hydrogen-bond acceptors (Lipinski definition) is 5. The lowest BCUT2D eigenvalue weighted by Crippen LogP contribution is -2.53. The van der Waals surface area contributed by atoms with Crippen molar-refractivity contribution in [1.82, 2.24) is 9.80 Å². The van der Waals surface area contributed by atoms with E-state index in [0.717, 1.165) is 22.4 Å². The zero-order valence-electron chi connectivity index (χ0n) is 24.5. The predicted octanol–water partition coefficient (Wildman–Crippen LogP) is 4.26. The summed E-state index contributed by atoms with van der Waals surface area (Å²) in [5, 5.41) is 9.50. The lowest BCUT2D eigenvalue weighted by molar-refractivity contribution is -0.144. The number of aliphatic hydroxyl groups excluding tert-OH is 1. The molecule has 2 aromatic carbocycles. The minimum Gasteiger partial charge on any atom is -0.396 e. The highest BCUT2D eigenvalue weighted by Gasteiger charge is 2.73. The molecule has 8 heteroatoms. The van der Waals surface area contributed by atoms with Crippen molar-refractivity contribution in [2.24, 2.45) is 11.8 Å². The Morgan fingerprint density at radius 3 is 2.29 bits per heavy atom. The van der Waals surface area contributed by atoms with E-state index >= 15 is 0 Å². The van der Waals surface area contributed by atoms with E-state index in [1.54, 1.807) is 16.7 Å². The lowest BCUT2D eigenvalue weighted by Gasteiger charge is -2.37. The van der Waals surface area contributed by atoms with E-state index in [-0.39, 0.29) is 24.3 Å². The van der Waals surface area contributed by atoms with Crippen LogP contribution in [0.3, 0.4) is 0 Å². The van der Waals surface area contributed by atoms with Crippen LogP contribution in [0.15, 0.2) is 72.8 Å². The van der Waals surface area contributed by atoms with Crippen molar-refractivity contribution in [2.45, 2.75) is 55.7 Å². The summed E-state index contributed by atoms with van der Waals surface area (Å²) in [6.45, 7) is 7.82. The normalized spacial score (nSPS) is 30.3. The number of para-hydroxylation sites is 1. The maximum atomic E-state index is 14.7. The second-order valence-electron chi connectivity index (χ2n) is 12.2. The molecule has 1 unspecified atom stereocenters. The largest absolute Gasteiger partial charge is 0.396 e. The molecule has 2 aromatic rings. The molecule has 7 nitrogen and oxygen atoms in total. The van der Waals surface area contributed by atoms with Crippen LogP contribution in [0.25, 0.3) is 0 Å². The zero-order valence-corrected chi connectivity index (χ0v) is 25.3. The number of aryl methyl sites for hydroxylation is 2. The third-order valence-electron chi connectivity index (χ3n) is 9.37. The monoisotopic (exact) mass is 585 g/mol. The highest BCUT2D eigenvalue weighted by molar-refractivity contribution is 8.02. The van der Waals surface area contributed by atoms with Crippen LogP contribution in [0.4, 0.5) is 5.69 Å². The molecule has 220 valence electrons. The Balaban J connectivity index is 1.44. The van der Waals surface area contributed by atoms with Crippen LogP contribution in [-0.4, -0.2) is 74.4 Å². The second-order valence-corrected chi connectivity index (χ2v) is 13.9. The topological polar surface area (TPSA) is 81.2 Å². The molecule has 1 N–H and O–H groups in total. The highest BCUT2D eigenvalue weighted by atomic mass is 32.2. The molecule has 0 saturated carbocycles. The number of amides is 3. The molecule has 1 spiro atoms. The number of rotatable bonds is 7. The third-order valence-corrected chi connectivity index (χ3v) is 11.2. The number of thioether (sulfide) groups is 1.